The maximum atomic E-state index is 9.29. The zero-order valence-electron chi connectivity index (χ0n) is 15.6. The van der Waals surface area contributed by atoms with E-state index in [1.165, 1.54) is 5.56 Å². The van der Waals surface area contributed by atoms with Gasteiger partial charge in [-0.15, -0.1) is 0 Å². The van der Waals surface area contributed by atoms with Crippen molar-refractivity contribution in [2.24, 2.45) is 0 Å². The molecule has 0 saturated heterocycles. The Bertz CT molecular complexity index is 1050. The first kappa shape index (κ1) is 18.0. The van der Waals surface area contributed by atoms with Crippen molar-refractivity contribution in [3.05, 3.63) is 108 Å². The fourth-order valence-corrected chi connectivity index (χ4v) is 3.37. The molecule has 28 heavy (non-hydrogen) atoms. The van der Waals surface area contributed by atoms with Gasteiger partial charge in [-0.05, 0) is 11.6 Å². The first-order valence-corrected chi connectivity index (χ1v) is 9.39. The number of benzene rings is 3. The molecule has 0 aliphatic carbocycles. The minimum absolute atomic E-state index is 0.0143. The van der Waals surface area contributed by atoms with Crippen LogP contribution in [-0.2, 0) is 6.54 Å². The van der Waals surface area contributed by atoms with Gasteiger partial charge in [0.05, 0.1) is 18.0 Å². The SMILES string of the molecule is OC/C=C/c1nc(-c2ccccc2)c(-c2ccccc2)n1Cc1ccccc1. The van der Waals surface area contributed by atoms with Crippen LogP contribution in [0.5, 0.6) is 0 Å². The predicted molar refractivity (Wildman–Crippen MR) is 115 cm³/mol. The average Bonchev–Trinajstić information content (AvgIpc) is 3.12. The minimum Gasteiger partial charge on any atom is -0.392 e. The molecule has 0 unspecified atom stereocenters. The number of hydrogen-bond acceptors (Lipinski definition) is 2. The second-order valence-corrected chi connectivity index (χ2v) is 6.56. The van der Waals surface area contributed by atoms with E-state index in [2.05, 4.69) is 53.1 Å². The van der Waals surface area contributed by atoms with Crippen molar-refractivity contribution in [2.75, 3.05) is 6.61 Å². The highest BCUT2D eigenvalue weighted by atomic mass is 16.2. The Morgan fingerprint density at radius 3 is 1.93 bits per heavy atom. The molecule has 0 aliphatic rings. The molecule has 0 spiro atoms. The van der Waals surface area contributed by atoms with E-state index in [-0.39, 0.29) is 6.61 Å². The summed E-state index contributed by atoms with van der Waals surface area (Å²) >= 11 is 0. The van der Waals surface area contributed by atoms with E-state index in [4.69, 9.17) is 4.98 Å². The van der Waals surface area contributed by atoms with Gasteiger partial charge in [0.2, 0.25) is 0 Å². The Morgan fingerprint density at radius 1 is 0.750 bits per heavy atom. The standard InChI is InChI=1S/C25H22N2O/c28-18-10-17-23-26-24(21-13-6-2-7-14-21)25(22-15-8-3-9-16-22)27(23)19-20-11-4-1-5-12-20/h1-17,28H,18-19H2/b17-10+. The van der Waals surface area contributed by atoms with Gasteiger partial charge < -0.3 is 9.67 Å². The molecule has 4 aromatic rings. The highest BCUT2D eigenvalue weighted by molar-refractivity contribution is 5.80. The molecule has 3 nitrogen and oxygen atoms in total. The molecule has 0 bridgehead atoms. The molecule has 0 atom stereocenters. The summed E-state index contributed by atoms with van der Waals surface area (Å²) in [6.07, 6.45) is 3.62. The number of nitrogens with zero attached hydrogens (tertiary/aromatic N) is 2. The van der Waals surface area contributed by atoms with E-state index in [9.17, 15) is 5.11 Å². The molecule has 0 fully saturated rings. The fraction of sp³-hybridized carbons (Fsp3) is 0.0800. The molecule has 4 rings (SSSR count). The number of aromatic nitrogens is 2. The van der Waals surface area contributed by atoms with Crippen LogP contribution in [0.1, 0.15) is 11.4 Å². The van der Waals surface area contributed by atoms with Gasteiger partial charge >= 0.3 is 0 Å². The number of aliphatic hydroxyl groups is 1. The van der Waals surface area contributed by atoms with Gasteiger partial charge in [0, 0.05) is 17.7 Å². The summed E-state index contributed by atoms with van der Waals surface area (Å²) in [4.78, 5) is 4.96. The molecule has 0 aliphatic heterocycles. The third-order valence-electron chi connectivity index (χ3n) is 4.65. The molecular weight excluding hydrogens is 344 g/mol. The maximum absolute atomic E-state index is 9.29. The molecule has 1 heterocycles. The molecule has 0 saturated carbocycles. The summed E-state index contributed by atoms with van der Waals surface area (Å²) in [6.45, 7) is 0.690. The van der Waals surface area contributed by atoms with Gasteiger partial charge in [-0.25, -0.2) is 4.98 Å². The predicted octanol–water partition coefficient (Wildman–Crippen LogP) is 5.27. The van der Waals surface area contributed by atoms with E-state index in [1.807, 2.05) is 48.5 Å². The Morgan fingerprint density at radius 2 is 1.32 bits per heavy atom. The van der Waals surface area contributed by atoms with Crippen LogP contribution in [0.15, 0.2) is 97.1 Å². The van der Waals surface area contributed by atoms with Gasteiger partial charge in [-0.1, -0.05) is 97.1 Å². The second-order valence-electron chi connectivity index (χ2n) is 6.56. The highest BCUT2D eigenvalue weighted by Crippen LogP contribution is 2.33. The molecule has 1 aromatic heterocycles. The van der Waals surface area contributed by atoms with Gasteiger partial charge in [-0.3, -0.25) is 0 Å². The third-order valence-corrected chi connectivity index (χ3v) is 4.65. The van der Waals surface area contributed by atoms with Crippen LogP contribution in [0, 0.1) is 0 Å². The molecular formula is C25H22N2O. The van der Waals surface area contributed by atoms with Crippen molar-refractivity contribution in [2.45, 2.75) is 6.54 Å². The van der Waals surface area contributed by atoms with E-state index in [0.717, 1.165) is 28.3 Å². The van der Waals surface area contributed by atoms with Crippen molar-refractivity contribution in [1.29, 1.82) is 0 Å². The summed E-state index contributed by atoms with van der Waals surface area (Å²) in [7, 11) is 0. The van der Waals surface area contributed by atoms with Crippen LogP contribution in [0.3, 0.4) is 0 Å². The molecule has 3 aromatic carbocycles. The van der Waals surface area contributed by atoms with Crippen LogP contribution in [0.25, 0.3) is 28.6 Å². The van der Waals surface area contributed by atoms with Gasteiger partial charge in [0.25, 0.3) is 0 Å². The summed E-state index contributed by atoms with van der Waals surface area (Å²) in [5, 5.41) is 9.29. The van der Waals surface area contributed by atoms with E-state index < -0.39 is 0 Å². The van der Waals surface area contributed by atoms with E-state index >= 15 is 0 Å². The number of imidazole rings is 1. The van der Waals surface area contributed by atoms with Crippen molar-refractivity contribution in [1.82, 2.24) is 9.55 Å². The monoisotopic (exact) mass is 366 g/mol. The third kappa shape index (κ3) is 3.80. The normalized spacial score (nSPS) is 11.2. The van der Waals surface area contributed by atoms with Crippen LogP contribution in [0.2, 0.25) is 0 Å². The van der Waals surface area contributed by atoms with Crippen molar-refractivity contribution in [3.63, 3.8) is 0 Å². The second kappa shape index (κ2) is 8.51. The summed E-state index contributed by atoms with van der Waals surface area (Å²) in [6, 6.07) is 31.0. The van der Waals surface area contributed by atoms with Gasteiger partial charge in [0.1, 0.15) is 5.82 Å². The van der Waals surface area contributed by atoms with E-state index in [0.29, 0.717) is 6.54 Å². The van der Waals surface area contributed by atoms with Gasteiger partial charge in [0.15, 0.2) is 0 Å². The molecule has 0 radical (unpaired) electrons. The first-order valence-electron chi connectivity index (χ1n) is 9.39. The zero-order chi connectivity index (χ0) is 19.2. The largest absolute Gasteiger partial charge is 0.392 e. The molecule has 0 amide bonds. The first-order chi connectivity index (χ1) is 13.9. The lowest BCUT2D eigenvalue weighted by atomic mass is 10.0. The van der Waals surface area contributed by atoms with Crippen LogP contribution in [0.4, 0.5) is 0 Å². The lowest BCUT2D eigenvalue weighted by molar-refractivity contribution is 0.343. The Hall–Kier alpha value is -3.43. The van der Waals surface area contributed by atoms with Gasteiger partial charge in [-0.2, -0.15) is 0 Å². The summed E-state index contributed by atoms with van der Waals surface area (Å²) < 4.78 is 2.22. The Kier molecular flexibility index (Phi) is 5.46. The summed E-state index contributed by atoms with van der Waals surface area (Å²) in [5.41, 5.74) is 5.42. The molecule has 3 heteroatoms. The lowest BCUT2D eigenvalue weighted by Gasteiger charge is -2.12. The smallest absolute Gasteiger partial charge is 0.133 e. The van der Waals surface area contributed by atoms with Crippen molar-refractivity contribution < 1.29 is 5.11 Å². The van der Waals surface area contributed by atoms with Crippen LogP contribution in [-0.4, -0.2) is 21.3 Å². The Balaban J connectivity index is 1.95. The average molecular weight is 366 g/mol. The van der Waals surface area contributed by atoms with Crippen LogP contribution < -0.4 is 0 Å². The lowest BCUT2D eigenvalue weighted by Crippen LogP contribution is -2.04. The zero-order valence-corrected chi connectivity index (χ0v) is 15.6. The molecule has 138 valence electrons. The van der Waals surface area contributed by atoms with E-state index in [1.54, 1.807) is 6.08 Å². The number of rotatable bonds is 6. The topological polar surface area (TPSA) is 38.1 Å². The number of hydrogen-bond donors (Lipinski definition) is 1. The maximum Gasteiger partial charge on any atom is 0.133 e. The quantitative estimate of drug-likeness (QED) is 0.505. The van der Waals surface area contributed by atoms with Crippen LogP contribution >= 0.6 is 0 Å². The summed E-state index contributed by atoms with van der Waals surface area (Å²) in [5.74, 6) is 0.829. The fourth-order valence-electron chi connectivity index (χ4n) is 3.37. The highest BCUT2D eigenvalue weighted by Gasteiger charge is 2.19. The minimum atomic E-state index is -0.0143. The molecule has 1 N–H and O–H groups in total. The van der Waals surface area contributed by atoms with Crippen molar-refractivity contribution >= 4 is 6.08 Å². The van der Waals surface area contributed by atoms with Crippen molar-refractivity contribution in [3.8, 4) is 22.5 Å². The Labute approximate surface area is 165 Å². The number of aliphatic hydroxyl groups excluding tert-OH is 1.